The van der Waals surface area contributed by atoms with E-state index < -0.39 is 0 Å². The van der Waals surface area contributed by atoms with Crippen molar-refractivity contribution in [3.63, 3.8) is 0 Å². The van der Waals surface area contributed by atoms with Gasteiger partial charge < -0.3 is 19.0 Å². The van der Waals surface area contributed by atoms with Crippen molar-refractivity contribution in [2.45, 2.75) is 32.8 Å². The molecule has 1 rings (SSSR count). The third-order valence-electron chi connectivity index (χ3n) is 2.73. The SMILES string of the molecule is CC(C)(C)ON=CCOCCCOc1c(Cl)cc(OCC=C(Cl)Cl)cc1Cl. The Labute approximate surface area is 180 Å². The van der Waals surface area contributed by atoms with Crippen molar-refractivity contribution in [2.24, 2.45) is 5.16 Å². The zero-order valence-corrected chi connectivity index (χ0v) is 18.5. The molecule has 0 aromatic heterocycles. The van der Waals surface area contributed by atoms with Gasteiger partial charge in [-0.2, -0.15) is 0 Å². The van der Waals surface area contributed by atoms with Crippen molar-refractivity contribution in [3.8, 4) is 11.5 Å². The first-order valence-corrected chi connectivity index (χ1v) is 9.74. The number of halogens is 4. The molecule has 152 valence electrons. The number of nitrogens with zero attached hydrogens (tertiary/aromatic N) is 1. The van der Waals surface area contributed by atoms with Gasteiger partial charge in [-0.3, -0.25) is 0 Å². The van der Waals surface area contributed by atoms with Gasteiger partial charge in [0.2, 0.25) is 0 Å². The monoisotopic (exact) mass is 457 g/mol. The van der Waals surface area contributed by atoms with Gasteiger partial charge in [-0.25, -0.2) is 0 Å². The van der Waals surface area contributed by atoms with Gasteiger partial charge in [-0.05, 0) is 26.8 Å². The predicted octanol–water partition coefficient (Wildman–Crippen LogP) is 6.28. The summed E-state index contributed by atoms with van der Waals surface area (Å²) in [4.78, 5) is 5.20. The van der Waals surface area contributed by atoms with Gasteiger partial charge in [-0.15, -0.1) is 0 Å². The molecule has 0 unspecified atom stereocenters. The minimum absolute atomic E-state index is 0.127. The first-order chi connectivity index (χ1) is 12.7. The second kappa shape index (κ2) is 12.6. The molecule has 5 nitrogen and oxygen atoms in total. The molecule has 0 saturated heterocycles. The second-order valence-corrected chi connectivity index (χ2v) is 8.11. The van der Waals surface area contributed by atoms with E-state index in [0.717, 1.165) is 0 Å². The largest absolute Gasteiger partial charge is 0.490 e. The van der Waals surface area contributed by atoms with Crippen LogP contribution >= 0.6 is 46.4 Å². The van der Waals surface area contributed by atoms with Crippen LogP contribution in [0.4, 0.5) is 0 Å². The summed E-state index contributed by atoms with van der Waals surface area (Å²) in [5.74, 6) is 0.889. The third kappa shape index (κ3) is 11.6. The Morgan fingerprint density at radius 1 is 1.04 bits per heavy atom. The van der Waals surface area contributed by atoms with E-state index in [2.05, 4.69) is 5.16 Å². The van der Waals surface area contributed by atoms with Crippen molar-refractivity contribution in [2.75, 3.05) is 26.4 Å². The Morgan fingerprint density at radius 3 is 2.30 bits per heavy atom. The molecule has 1 aromatic carbocycles. The van der Waals surface area contributed by atoms with Crippen LogP contribution in [-0.2, 0) is 9.57 Å². The lowest BCUT2D eigenvalue weighted by atomic mass is 10.2. The lowest BCUT2D eigenvalue weighted by Gasteiger charge is -2.14. The Hall–Kier alpha value is -0.850. The molecule has 0 atom stereocenters. The maximum Gasteiger partial charge on any atom is 0.156 e. The summed E-state index contributed by atoms with van der Waals surface area (Å²) in [7, 11) is 0. The van der Waals surface area contributed by atoms with E-state index >= 15 is 0 Å². The molecule has 0 amide bonds. The molecule has 0 aliphatic heterocycles. The highest BCUT2D eigenvalue weighted by Crippen LogP contribution is 2.37. The van der Waals surface area contributed by atoms with E-state index in [-0.39, 0.29) is 16.7 Å². The van der Waals surface area contributed by atoms with Crippen molar-refractivity contribution in [1.82, 2.24) is 0 Å². The van der Waals surface area contributed by atoms with E-state index in [0.29, 0.717) is 47.8 Å². The summed E-state index contributed by atoms with van der Waals surface area (Å²) >= 11 is 23.4. The van der Waals surface area contributed by atoms with E-state index in [9.17, 15) is 0 Å². The quantitative estimate of drug-likeness (QED) is 0.222. The minimum atomic E-state index is -0.308. The van der Waals surface area contributed by atoms with Gasteiger partial charge in [0.15, 0.2) is 5.75 Å². The molecule has 0 saturated carbocycles. The number of ether oxygens (including phenoxy) is 3. The third-order valence-corrected chi connectivity index (χ3v) is 3.60. The van der Waals surface area contributed by atoms with E-state index in [4.69, 9.17) is 65.5 Å². The highest BCUT2D eigenvalue weighted by Gasteiger charge is 2.11. The van der Waals surface area contributed by atoms with Gasteiger partial charge in [0.1, 0.15) is 22.4 Å². The van der Waals surface area contributed by atoms with E-state index in [1.165, 1.54) is 6.08 Å². The van der Waals surface area contributed by atoms with Crippen molar-refractivity contribution < 1.29 is 19.0 Å². The standard InChI is InChI=1S/C18H23Cl4NO4/c1-18(2,3)27-23-6-10-24-7-4-8-26-17-14(19)11-13(12-15(17)20)25-9-5-16(21)22/h5-6,11-12H,4,7-10H2,1-3H3. The average molecular weight is 459 g/mol. The van der Waals surface area contributed by atoms with Crippen LogP contribution in [-0.4, -0.2) is 38.2 Å². The smallest absolute Gasteiger partial charge is 0.156 e. The Bertz CT molecular complexity index is 618. The molecular weight excluding hydrogens is 436 g/mol. The number of oxime groups is 1. The van der Waals surface area contributed by atoms with Crippen LogP contribution in [0.25, 0.3) is 0 Å². The minimum Gasteiger partial charge on any atom is -0.490 e. The number of hydrogen-bond acceptors (Lipinski definition) is 5. The summed E-state index contributed by atoms with van der Waals surface area (Å²) in [5, 5.41) is 4.53. The van der Waals surface area contributed by atoms with Crippen molar-refractivity contribution >= 4 is 52.6 Å². The number of hydrogen-bond donors (Lipinski definition) is 0. The van der Waals surface area contributed by atoms with Crippen LogP contribution in [0.3, 0.4) is 0 Å². The van der Waals surface area contributed by atoms with Crippen LogP contribution < -0.4 is 9.47 Å². The van der Waals surface area contributed by atoms with E-state index in [1.807, 2.05) is 20.8 Å². The highest BCUT2D eigenvalue weighted by molar-refractivity contribution is 6.55. The number of benzene rings is 1. The molecule has 27 heavy (non-hydrogen) atoms. The average Bonchev–Trinajstić information content (AvgIpc) is 2.54. The van der Waals surface area contributed by atoms with Crippen molar-refractivity contribution in [1.29, 1.82) is 0 Å². The summed E-state index contributed by atoms with van der Waals surface area (Å²) < 4.78 is 16.6. The second-order valence-electron chi connectivity index (χ2n) is 6.29. The predicted molar refractivity (Wildman–Crippen MR) is 112 cm³/mol. The molecule has 0 fully saturated rings. The molecular formula is C18H23Cl4NO4. The van der Waals surface area contributed by atoms with Gasteiger partial charge in [0.05, 0.1) is 36.1 Å². The fraction of sp³-hybridized carbons (Fsp3) is 0.500. The molecule has 1 aromatic rings. The lowest BCUT2D eigenvalue weighted by Crippen LogP contribution is -2.15. The Morgan fingerprint density at radius 2 is 1.70 bits per heavy atom. The van der Waals surface area contributed by atoms with Crippen molar-refractivity contribution in [3.05, 3.63) is 32.7 Å². The zero-order valence-electron chi connectivity index (χ0n) is 15.4. The molecule has 0 spiro atoms. The normalized spacial score (nSPS) is 11.5. The van der Waals surface area contributed by atoms with Crippen LogP contribution in [0, 0.1) is 0 Å². The van der Waals surface area contributed by atoms with Crippen LogP contribution in [0.15, 0.2) is 27.9 Å². The summed E-state index contributed by atoms with van der Waals surface area (Å²) in [6, 6.07) is 3.22. The highest BCUT2D eigenvalue weighted by atomic mass is 35.5. The summed E-state index contributed by atoms with van der Waals surface area (Å²) in [5.41, 5.74) is -0.308. The zero-order chi connectivity index (χ0) is 20.3. The maximum atomic E-state index is 6.19. The lowest BCUT2D eigenvalue weighted by molar-refractivity contribution is 0.000644. The topological polar surface area (TPSA) is 49.3 Å². The van der Waals surface area contributed by atoms with Crippen LogP contribution in [0.2, 0.25) is 10.0 Å². The molecule has 0 N–H and O–H groups in total. The summed E-state index contributed by atoms with van der Waals surface area (Å²) in [6.45, 7) is 7.24. The van der Waals surface area contributed by atoms with Gasteiger partial charge in [0, 0.05) is 18.6 Å². The summed E-state index contributed by atoms with van der Waals surface area (Å²) in [6.07, 6.45) is 3.75. The Balaban J connectivity index is 2.31. The fourth-order valence-electron chi connectivity index (χ4n) is 1.66. The molecule has 0 bridgehead atoms. The maximum absolute atomic E-state index is 6.19. The van der Waals surface area contributed by atoms with Crippen LogP contribution in [0.5, 0.6) is 11.5 Å². The molecule has 9 heteroatoms. The van der Waals surface area contributed by atoms with Gasteiger partial charge in [0.25, 0.3) is 0 Å². The van der Waals surface area contributed by atoms with Crippen LogP contribution in [0.1, 0.15) is 27.2 Å². The number of rotatable bonds is 11. The first-order valence-electron chi connectivity index (χ1n) is 8.22. The molecule has 0 radical (unpaired) electrons. The van der Waals surface area contributed by atoms with Gasteiger partial charge >= 0.3 is 0 Å². The Kier molecular flexibility index (Phi) is 11.3. The molecule has 0 aliphatic rings. The molecule has 0 aliphatic carbocycles. The van der Waals surface area contributed by atoms with E-state index in [1.54, 1.807) is 18.3 Å². The fourth-order valence-corrected chi connectivity index (χ4v) is 2.36. The first kappa shape index (κ1) is 24.2. The molecule has 0 heterocycles. The van der Waals surface area contributed by atoms with Gasteiger partial charge in [-0.1, -0.05) is 51.6 Å².